The van der Waals surface area contributed by atoms with E-state index in [4.69, 9.17) is 55.9 Å². The Bertz CT molecular complexity index is 842. The number of hydrogen-bond acceptors (Lipinski definition) is 4. The topological polar surface area (TPSA) is 41.9 Å². The predicted molar refractivity (Wildman–Crippen MR) is 117 cm³/mol. The van der Waals surface area contributed by atoms with Gasteiger partial charge in [-0.2, -0.15) is 0 Å². The van der Waals surface area contributed by atoms with Crippen molar-refractivity contribution in [2.24, 2.45) is 0 Å². The van der Waals surface area contributed by atoms with Crippen LogP contribution in [0.3, 0.4) is 0 Å². The van der Waals surface area contributed by atoms with E-state index < -0.39 is 18.0 Å². The van der Waals surface area contributed by atoms with Gasteiger partial charge in [0.25, 0.3) is 0 Å². The van der Waals surface area contributed by atoms with E-state index in [0.717, 1.165) is 0 Å². The summed E-state index contributed by atoms with van der Waals surface area (Å²) in [5.41, 5.74) is 0.534. The zero-order chi connectivity index (χ0) is 20.3. The van der Waals surface area contributed by atoms with Crippen LogP contribution in [-0.4, -0.2) is 49.0 Å². The van der Waals surface area contributed by atoms with Crippen LogP contribution < -0.4 is 4.74 Å². The van der Waals surface area contributed by atoms with E-state index in [1.165, 1.54) is 12.1 Å². The lowest BCUT2D eigenvalue weighted by Crippen LogP contribution is -2.43. The molecule has 1 saturated heterocycles. The van der Waals surface area contributed by atoms with Gasteiger partial charge in [0.1, 0.15) is 24.3 Å². The Balaban J connectivity index is 0.00000300. The summed E-state index contributed by atoms with van der Waals surface area (Å²) in [6, 6.07) is 7.55. The van der Waals surface area contributed by atoms with Gasteiger partial charge in [0.15, 0.2) is 0 Å². The zero-order valence-electron chi connectivity index (χ0n) is 15.1. The standard InChI is InChI=1S/C19H18Cl4FNO3.ClH/c20-11-1-2-18(16(23)5-11)28-10-12(26)8-25-3-4-27-19(9-25)13-6-17(24)15(22)7-14(13)21;/h1-2,5-7,12,19,26H,3-4,8-10H2;1H. The normalized spacial score (nSPS) is 18.2. The molecule has 1 N–H and O–H groups in total. The molecule has 2 unspecified atom stereocenters. The molecule has 1 aliphatic rings. The number of nitrogens with zero attached hydrogens (tertiary/aromatic N) is 1. The van der Waals surface area contributed by atoms with E-state index in [-0.39, 0.29) is 24.0 Å². The Labute approximate surface area is 194 Å². The lowest BCUT2D eigenvalue weighted by molar-refractivity contribution is -0.0460. The van der Waals surface area contributed by atoms with E-state index in [2.05, 4.69) is 0 Å². The van der Waals surface area contributed by atoms with Crippen molar-refractivity contribution in [1.29, 1.82) is 0 Å². The second-order valence-corrected chi connectivity index (χ2v) is 8.10. The van der Waals surface area contributed by atoms with E-state index in [1.54, 1.807) is 18.2 Å². The van der Waals surface area contributed by atoms with Crippen LogP contribution in [0.1, 0.15) is 11.7 Å². The van der Waals surface area contributed by atoms with Crippen LogP contribution in [0.2, 0.25) is 20.1 Å². The van der Waals surface area contributed by atoms with Crippen molar-refractivity contribution >= 4 is 58.8 Å². The summed E-state index contributed by atoms with van der Waals surface area (Å²) >= 11 is 23.9. The SMILES string of the molecule is Cl.OC(COc1ccc(Cl)cc1Cl)CN1CCOC(c2cc(F)c(Cl)cc2Cl)C1. The van der Waals surface area contributed by atoms with Gasteiger partial charge in [-0.05, 0) is 30.3 Å². The average Bonchev–Trinajstić information content (AvgIpc) is 2.64. The van der Waals surface area contributed by atoms with Crippen molar-refractivity contribution in [2.45, 2.75) is 12.2 Å². The highest BCUT2D eigenvalue weighted by Gasteiger charge is 2.26. The number of ether oxygens (including phenoxy) is 2. The molecule has 0 amide bonds. The molecule has 1 fully saturated rings. The third kappa shape index (κ3) is 6.74. The summed E-state index contributed by atoms with van der Waals surface area (Å²) in [5.74, 6) is -0.0940. The first kappa shape index (κ1) is 24.8. The van der Waals surface area contributed by atoms with Gasteiger partial charge < -0.3 is 14.6 Å². The van der Waals surface area contributed by atoms with Gasteiger partial charge in [0, 0.05) is 35.2 Å². The number of hydrogen-bond donors (Lipinski definition) is 1. The summed E-state index contributed by atoms with van der Waals surface area (Å²) in [5, 5.41) is 11.5. The first-order valence-electron chi connectivity index (χ1n) is 8.58. The Hall–Kier alpha value is -0.500. The Morgan fingerprint density at radius 1 is 1.14 bits per heavy atom. The van der Waals surface area contributed by atoms with Crippen LogP contribution in [0.4, 0.5) is 4.39 Å². The number of halogens is 6. The van der Waals surface area contributed by atoms with Crippen LogP contribution in [0.25, 0.3) is 0 Å². The largest absolute Gasteiger partial charge is 0.489 e. The average molecular weight is 506 g/mol. The van der Waals surface area contributed by atoms with Gasteiger partial charge in [0.2, 0.25) is 0 Å². The fourth-order valence-electron chi connectivity index (χ4n) is 2.97. The highest BCUT2D eigenvalue weighted by Crippen LogP contribution is 2.32. The molecule has 0 saturated carbocycles. The summed E-state index contributed by atoms with van der Waals surface area (Å²) in [4.78, 5) is 2.01. The number of morpholine rings is 1. The maximum Gasteiger partial charge on any atom is 0.142 e. The molecule has 0 spiro atoms. The van der Waals surface area contributed by atoms with Crippen molar-refractivity contribution in [3.63, 3.8) is 0 Å². The third-order valence-electron chi connectivity index (χ3n) is 4.33. The number of rotatable bonds is 6. The van der Waals surface area contributed by atoms with Crippen molar-refractivity contribution in [3.05, 3.63) is 61.8 Å². The molecular formula is C19H19Cl5FNO3. The van der Waals surface area contributed by atoms with Gasteiger partial charge in [-0.25, -0.2) is 4.39 Å². The van der Waals surface area contributed by atoms with E-state index in [0.29, 0.717) is 52.6 Å². The lowest BCUT2D eigenvalue weighted by atomic mass is 10.1. The van der Waals surface area contributed by atoms with Crippen LogP contribution in [-0.2, 0) is 4.74 Å². The number of aliphatic hydroxyl groups excluding tert-OH is 1. The molecule has 3 rings (SSSR count). The molecule has 10 heteroatoms. The predicted octanol–water partition coefficient (Wildman–Crippen LogP) is 5.67. The first-order valence-corrected chi connectivity index (χ1v) is 10.1. The van der Waals surface area contributed by atoms with Crippen LogP contribution in [0.15, 0.2) is 30.3 Å². The van der Waals surface area contributed by atoms with Crippen molar-refractivity contribution in [2.75, 3.05) is 32.8 Å². The van der Waals surface area contributed by atoms with Crippen LogP contribution in [0, 0.1) is 5.82 Å². The Morgan fingerprint density at radius 2 is 1.90 bits per heavy atom. The lowest BCUT2D eigenvalue weighted by Gasteiger charge is -2.34. The molecule has 2 aromatic rings. The summed E-state index contributed by atoms with van der Waals surface area (Å²) in [6.07, 6.45) is -1.16. The molecule has 0 aliphatic carbocycles. The molecule has 2 atom stereocenters. The second kappa shape index (κ2) is 11.2. The minimum absolute atomic E-state index is 0. The summed E-state index contributed by atoms with van der Waals surface area (Å²) in [7, 11) is 0. The van der Waals surface area contributed by atoms with Gasteiger partial charge in [-0.1, -0.05) is 46.4 Å². The van der Waals surface area contributed by atoms with Crippen LogP contribution >= 0.6 is 58.8 Å². The monoisotopic (exact) mass is 503 g/mol. The second-order valence-electron chi connectivity index (χ2n) is 6.45. The van der Waals surface area contributed by atoms with E-state index in [9.17, 15) is 9.50 Å². The highest BCUT2D eigenvalue weighted by atomic mass is 35.5. The molecule has 0 bridgehead atoms. The van der Waals surface area contributed by atoms with Gasteiger partial charge in [-0.3, -0.25) is 4.90 Å². The molecule has 4 nitrogen and oxygen atoms in total. The Morgan fingerprint density at radius 3 is 2.62 bits per heavy atom. The fraction of sp³-hybridized carbons (Fsp3) is 0.368. The zero-order valence-corrected chi connectivity index (χ0v) is 18.9. The molecule has 2 aromatic carbocycles. The minimum Gasteiger partial charge on any atom is -0.489 e. The maximum absolute atomic E-state index is 13.8. The number of aliphatic hydroxyl groups is 1. The molecule has 0 aromatic heterocycles. The maximum atomic E-state index is 13.8. The van der Waals surface area contributed by atoms with Crippen molar-refractivity contribution in [1.82, 2.24) is 4.90 Å². The van der Waals surface area contributed by atoms with E-state index in [1.807, 2.05) is 4.90 Å². The Kier molecular flexibility index (Phi) is 9.58. The van der Waals surface area contributed by atoms with E-state index >= 15 is 0 Å². The first-order chi connectivity index (χ1) is 13.3. The number of β-amino-alcohol motifs (C(OH)–C–C–N with tert-alkyl or cyclic N) is 1. The van der Waals surface area contributed by atoms with Crippen LogP contribution in [0.5, 0.6) is 5.75 Å². The van der Waals surface area contributed by atoms with Gasteiger partial charge >= 0.3 is 0 Å². The molecule has 0 radical (unpaired) electrons. The number of benzene rings is 2. The molecule has 1 aliphatic heterocycles. The fourth-order valence-corrected chi connectivity index (χ4v) is 3.94. The van der Waals surface area contributed by atoms with Gasteiger partial charge in [-0.15, -0.1) is 12.4 Å². The minimum atomic E-state index is -0.747. The summed E-state index contributed by atoms with van der Waals surface area (Å²) in [6.45, 7) is 1.95. The molecule has 29 heavy (non-hydrogen) atoms. The molecule has 160 valence electrons. The van der Waals surface area contributed by atoms with Gasteiger partial charge in [0.05, 0.1) is 22.8 Å². The van der Waals surface area contributed by atoms with Crippen molar-refractivity contribution < 1.29 is 19.0 Å². The highest BCUT2D eigenvalue weighted by molar-refractivity contribution is 6.35. The van der Waals surface area contributed by atoms with Crippen molar-refractivity contribution in [3.8, 4) is 5.75 Å². The summed E-state index contributed by atoms with van der Waals surface area (Å²) < 4.78 is 25.1. The molecule has 1 heterocycles. The third-order valence-corrected chi connectivity index (χ3v) is 5.48. The molecular weight excluding hydrogens is 486 g/mol. The smallest absolute Gasteiger partial charge is 0.142 e. The quantitative estimate of drug-likeness (QED) is 0.514.